The number of nitrogens with zero attached hydrogens (tertiary/aromatic N) is 3. The number of β-lactam (4-membered cyclic amide) rings is 1. The number of amides is 3. The molecule has 3 amide bonds. The number of anilines is 1. The predicted molar refractivity (Wildman–Crippen MR) is 174 cm³/mol. The van der Waals surface area contributed by atoms with Crippen LogP contribution in [0.5, 0.6) is 5.75 Å². The van der Waals surface area contributed by atoms with E-state index in [4.69, 9.17) is 9.47 Å². The Labute approximate surface area is 287 Å². The molecule has 1 aromatic heterocycles. The van der Waals surface area contributed by atoms with E-state index in [9.17, 15) is 44.1 Å². The molecule has 268 valence electrons. The molecule has 3 aliphatic rings. The van der Waals surface area contributed by atoms with Crippen LogP contribution < -0.4 is 26.3 Å². The fraction of sp³-hybridized carbons (Fsp3) is 0.333. The van der Waals surface area contributed by atoms with Crippen LogP contribution in [0.1, 0.15) is 28.8 Å². The summed E-state index contributed by atoms with van der Waals surface area (Å²) in [6, 6.07) is 7.37. The third-order valence-electron chi connectivity index (χ3n) is 9.06. The molecular weight excluding hydrogens is 675 g/mol. The van der Waals surface area contributed by atoms with E-state index in [0.717, 1.165) is 13.2 Å². The van der Waals surface area contributed by atoms with Crippen LogP contribution >= 0.6 is 0 Å². The molecule has 3 atom stereocenters. The molecule has 51 heavy (non-hydrogen) atoms. The number of halogens is 1. The minimum atomic E-state index is -2.35. The van der Waals surface area contributed by atoms with Crippen LogP contribution in [-0.4, -0.2) is 106 Å². The Kier molecular flexibility index (Phi) is 9.24. The number of aromatic hydroxyl groups is 1. The maximum absolute atomic E-state index is 15.3. The van der Waals surface area contributed by atoms with Crippen molar-refractivity contribution in [3.63, 3.8) is 0 Å². The number of aromatic nitrogens is 1. The van der Waals surface area contributed by atoms with Crippen LogP contribution in [0.15, 0.2) is 58.8 Å². The summed E-state index contributed by atoms with van der Waals surface area (Å²) in [5.74, 6) is -9.36. The molecule has 2 fully saturated rings. The first-order chi connectivity index (χ1) is 24.3. The number of carboxylic acids is 2. The number of hydrogen-bond acceptors (Lipinski definition) is 11. The van der Waals surface area contributed by atoms with Crippen LogP contribution in [0.25, 0.3) is 10.9 Å². The number of rotatable bonds is 10. The van der Waals surface area contributed by atoms with Crippen molar-refractivity contribution in [1.82, 2.24) is 25.4 Å². The van der Waals surface area contributed by atoms with Gasteiger partial charge < -0.3 is 50.2 Å². The van der Waals surface area contributed by atoms with Crippen molar-refractivity contribution in [3.8, 4) is 5.75 Å². The van der Waals surface area contributed by atoms with E-state index in [-0.39, 0.29) is 16.7 Å². The molecule has 6 rings (SSSR count). The Balaban J connectivity index is 1.29. The summed E-state index contributed by atoms with van der Waals surface area (Å²) in [6.07, 6.45) is -0.328. The Bertz CT molecular complexity index is 2060. The molecular formula is C33H33FN6O11. The average molecular weight is 709 g/mol. The molecule has 0 saturated carbocycles. The number of piperazine rings is 1. The lowest BCUT2D eigenvalue weighted by atomic mass is 9.92. The summed E-state index contributed by atoms with van der Waals surface area (Å²) in [4.78, 5) is 80.9. The zero-order valence-electron chi connectivity index (χ0n) is 27.3. The highest BCUT2D eigenvalue weighted by Gasteiger charge is 2.68. The van der Waals surface area contributed by atoms with Gasteiger partial charge in [0.25, 0.3) is 17.5 Å². The van der Waals surface area contributed by atoms with Crippen LogP contribution in [-0.2, 0) is 35.2 Å². The number of aryl methyl sites for hydroxylation is 1. The number of aliphatic carboxylic acids is 2. The van der Waals surface area contributed by atoms with Gasteiger partial charge in [-0.25, -0.2) is 9.18 Å². The molecule has 2 saturated heterocycles. The van der Waals surface area contributed by atoms with E-state index in [1.165, 1.54) is 30.5 Å². The van der Waals surface area contributed by atoms with E-state index in [2.05, 4.69) is 16.0 Å². The highest BCUT2D eigenvalue weighted by atomic mass is 19.1. The second kappa shape index (κ2) is 13.5. The smallest absolute Gasteiger partial charge is 0.354 e. The molecule has 4 heterocycles. The Morgan fingerprint density at radius 1 is 1.12 bits per heavy atom. The summed E-state index contributed by atoms with van der Waals surface area (Å²) in [5.41, 5.74) is -4.08. The van der Waals surface area contributed by atoms with Gasteiger partial charge in [-0.1, -0.05) is 12.1 Å². The van der Waals surface area contributed by atoms with Gasteiger partial charge in [-0.15, -0.1) is 0 Å². The number of pyridine rings is 1. The molecule has 6 N–H and O–H groups in total. The fourth-order valence-electron chi connectivity index (χ4n) is 6.48. The molecule has 2 unspecified atom stereocenters. The molecule has 3 aromatic rings. The monoisotopic (exact) mass is 708 g/mol. The highest BCUT2D eigenvalue weighted by Crippen LogP contribution is 2.40. The normalized spacial score (nSPS) is 20.8. The zero-order valence-corrected chi connectivity index (χ0v) is 27.3. The molecule has 3 aliphatic heterocycles. The topological polar surface area (TPSA) is 229 Å². The van der Waals surface area contributed by atoms with Gasteiger partial charge in [-0.05, 0) is 36.8 Å². The maximum Gasteiger partial charge on any atom is 0.354 e. The van der Waals surface area contributed by atoms with Gasteiger partial charge in [0, 0.05) is 51.4 Å². The van der Waals surface area contributed by atoms with Crippen molar-refractivity contribution in [2.75, 3.05) is 44.8 Å². The van der Waals surface area contributed by atoms with Gasteiger partial charge in [0.2, 0.25) is 11.3 Å². The van der Waals surface area contributed by atoms with Crippen LogP contribution in [0.2, 0.25) is 0 Å². The van der Waals surface area contributed by atoms with Crippen LogP contribution in [0.3, 0.4) is 0 Å². The molecule has 18 heteroatoms. The number of methoxy groups -OCH3 is 1. The van der Waals surface area contributed by atoms with Crippen molar-refractivity contribution >= 4 is 46.3 Å². The van der Waals surface area contributed by atoms with Gasteiger partial charge in [-0.3, -0.25) is 28.9 Å². The second-order valence-electron chi connectivity index (χ2n) is 11.9. The number of nitrogens with one attached hydrogen (secondary N) is 3. The van der Waals surface area contributed by atoms with Crippen LogP contribution in [0.4, 0.5) is 10.1 Å². The number of hydrogen-bond donors (Lipinski definition) is 6. The fourth-order valence-corrected chi connectivity index (χ4v) is 6.48. The summed E-state index contributed by atoms with van der Waals surface area (Å²) < 4.78 is 27.9. The summed E-state index contributed by atoms with van der Waals surface area (Å²) in [6.45, 7) is 3.84. The Morgan fingerprint density at radius 3 is 2.41 bits per heavy atom. The lowest BCUT2D eigenvalue weighted by Crippen LogP contribution is -2.83. The van der Waals surface area contributed by atoms with Crippen molar-refractivity contribution in [2.45, 2.75) is 31.3 Å². The molecule has 0 bridgehead atoms. The van der Waals surface area contributed by atoms with E-state index in [1.54, 1.807) is 17.6 Å². The third-order valence-corrected chi connectivity index (χ3v) is 9.06. The number of carbonyl (C=O) groups excluding carboxylic acids is 3. The lowest BCUT2D eigenvalue weighted by molar-refractivity contribution is -0.258. The molecule has 0 radical (unpaired) electrons. The highest BCUT2D eigenvalue weighted by molar-refractivity contribution is 6.08. The first-order valence-corrected chi connectivity index (χ1v) is 15.8. The lowest BCUT2D eigenvalue weighted by Gasteiger charge is -2.55. The van der Waals surface area contributed by atoms with Crippen molar-refractivity contribution < 1.29 is 53.2 Å². The predicted octanol–water partition coefficient (Wildman–Crippen LogP) is -0.172. The largest absolute Gasteiger partial charge is 0.508 e. The third kappa shape index (κ3) is 5.92. The number of phenolic OH excluding ortho intramolecular Hbond substituents is 1. The minimum Gasteiger partial charge on any atom is -0.508 e. The van der Waals surface area contributed by atoms with Crippen LogP contribution in [0, 0.1) is 5.82 Å². The summed E-state index contributed by atoms with van der Waals surface area (Å²) >= 11 is 0. The molecule has 0 spiro atoms. The number of phenols is 1. The quantitative estimate of drug-likeness (QED) is 0.0914. The first kappa shape index (κ1) is 35.0. The van der Waals surface area contributed by atoms with E-state index < -0.39 is 82.3 Å². The van der Waals surface area contributed by atoms with Gasteiger partial charge in [0.15, 0.2) is 17.8 Å². The zero-order chi connectivity index (χ0) is 36.8. The number of ether oxygens (including phenoxy) is 2. The van der Waals surface area contributed by atoms with E-state index >= 15 is 4.39 Å². The maximum atomic E-state index is 15.3. The Hall–Kier alpha value is -5.85. The average Bonchev–Trinajstić information content (AvgIpc) is 3.11. The summed E-state index contributed by atoms with van der Waals surface area (Å²) in [5, 5.41) is 37.2. The van der Waals surface area contributed by atoms with E-state index in [1.807, 2.05) is 4.90 Å². The number of carboxylic acid groups (broad SMARTS) is 2. The van der Waals surface area contributed by atoms with Crippen molar-refractivity contribution in [2.24, 2.45) is 0 Å². The molecule has 0 aliphatic carbocycles. The van der Waals surface area contributed by atoms with Gasteiger partial charge in [0.05, 0.1) is 23.5 Å². The van der Waals surface area contributed by atoms with E-state index in [0.29, 0.717) is 48.8 Å². The number of carbonyl (C=O) groups is 5. The van der Waals surface area contributed by atoms with Crippen molar-refractivity contribution in [1.29, 1.82) is 0 Å². The molecule has 2 aromatic carbocycles. The standard InChI is InChI=1S/C33H33FN6O11/c1-3-38-14-19(26(42)18-12-20(34)23(13-22(18)38)39-10-8-35-9-11-39)27(43)36-21-15-51-32-33(50-2,31(49)40(32)25(21)30(47)48)37-28(44)24(29(45)46)16-4-6-17(41)7-5-16/h4-7,12-14,24,32,35,41H,3,8-11,15H2,1-2H3,(H,36,43)(H,37,44)(H,45,46)(H,47,48)/t24?,32-,33?/m1/s1. The minimum absolute atomic E-state index is 0.0353. The second-order valence-corrected chi connectivity index (χ2v) is 11.9. The Morgan fingerprint density at radius 2 is 1.80 bits per heavy atom. The molecule has 17 nitrogen and oxygen atoms in total. The van der Waals surface area contributed by atoms with Crippen molar-refractivity contribution in [3.05, 3.63) is 81.2 Å². The number of benzene rings is 2. The first-order valence-electron chi connectivity index (χ1n) is 15.8. The van der Waals surface area contributed by atoms with Gasteiger partial charge >= 0.3 is 11.9 Å². The SMILES string of the molecule is CCn1cc(C(=O)NC2=C(C(=O)O)N3C(=O)C(NC(=O)C(C(=O)O)c4ccc(O)cc4)(OC)[C@H]3OC2)c(=O)c2cc(F)c(N3CCNCC3)cc21. The summed E-state index contributed by atoms with van der Waals surface area (Å²) in [7, 11) is 1.02. The van der Waals surface area contributed by atoms with Gasteiger partial charge in [-0.2, -0.15) is 0 Å². The number of fused-ring (bicyclic) bond motifs is 2. The van der Waals surface area contributed by atoms with Gasteiger partial charge in [0.1, 0.15) is 17.1 Å².